The van der Waals surface area contributed by atoms with Gasteiger partial charge in [-0.25, -0.2) is 16.8 Å². The van der Waals surface area contributed by atoms with Gasteiger partial charge in [-0.1, -0.05) is 0 Å². The Bertz CT molecular complexity index is 759. The maximum absolute atomic E-state index is 11.9. The van der Waals surface area contributed by atoms with Crippen LogP contribution in [0.1, 0.15) is 32.1 Å². The molecule has 0 bridgehead atoms. The molecule has 0 aromatic heterocycles. The van der Waals surface area contributed by atoms with Crippen molar-refractivity contribution in [3.63, 3.8) is 0 Å². The summed E-state index contributed by atoms with van der Waals surface area (Å²) >= 11 is 0. The standard InChI is InChI=1S/C19H40N4O8S2/c1-22(2,13-7-15-32(26,27)28)11-5-9-20-18(24)17-19(25)21-10-6-12-23(3,4)14-8-16-33(29,30)31/h5-17H2,1-4H3,(H2-2,20,21,24,25,26,27,28,29,30,31). The Balaban J connectivity index is 3.95. The maximum Gasteiger partial charge on any atom is 0.229 e. The molecule has 0 heterocycles. The summed E-state index contributed by atoms with van der Waals surface area (Å²) in [7, 11) is -0.751. The molecule has 0 spiro atoms. The summed E-state index contributed by atoms with van der Waals surface area (Å²) < 4.78 is 65.0. The van der Waals surface area contributed by atoms with Crippen molar-refractivity contribution in [3.05, 3.63) is 0 Å². The third kappa shape index (κ3) is 21.0. The first-order valence-corrected chi connectivity index (χ1v) is 14.1. The fourth-order valence-corrected chi connectivity index (χ4v) is 4.27. The number of hydrogen-bond donors (Lipinski definition) is 2. The fraction of sp³-hybridized carbons (Fsp3) is 0.895. The molecule has 0 aromatic carbocycles. The van der Waals surface area contributed by atoms with Gasteiger partial charge in [0.05, 0.1) is 74.6 Å². The molecule has 2 N–H and O–H groups in total. The van der Waals surface area contributed by atoms with Crippen molar-refractivity contribution < 1.29 is 44.5 Å². The topological polar surface area (TPSA) is 173 Å². The first-order chi connectivity index (χ1) is 14.9. The number of nitrogens with one attached hydrogen (secondary N) is 2. The average molecular weight is 517 g/mol. The molecule has 0 saturated carbocycles. The Morgan fingerprint density at radius 1 is 0.636 bits per heavy atom. The van der Waals surface area contributed by atoms with Crippen LogP contribution in [0, 0.1) is 0 Å². The molecule has 0 radical (unpaired) electrons. The lowest BCUT2D eigenvalue weighted by atomic mass is 10.3. The third-order valence-corrected chi connectivity index (χ3v) is 6.74. The Morgan fingerprint density at radius 2 is 0.939 bits per heavy atom. The summed E-state index contributed by atoms with van der Waals surface area (Å²) in [5.41, 5.74) is 0. The van der Waals surface area contributed by atoms with E-state index in [4.69, 9.17) is 0 Å². The molecule has 0 aliphatic heterocycles. The highest BCUT2D eigenvalue weighted by Crippen LogP contribution is 2.04. The summed E-state index contributed by atoms with van der Waals surface area (Å²) in [5, 5.41) is 5.37. The van der Waals surface area contributed by atoms with Gasteiger partial charge < -0.3 is 28.7 Å². The van der Waals surface area contributed by atoms with Gasteiger partial charge in [0.1, 0.15) is 6.42 Å². The molecule has 0 aromatic rings. The van der Waals surface area contributed by atoms with E-state index in [0.717, 1.165) is 0 Å². The van der Waals surface area contributed by atoms with E-state index in [1.165, 1.54) is 0 Å². The molecule has 0 fully saturated rings. The van der Waals surface area contributed by atoms with E-state index >= 15 is 0 Å². The van der Waals surface area contributed by atoms with Gasteiger partial charge in [-0.05, 0) is 0 Å². The minimum Gasteiger partial charge on any atom is -0.748 e. The van der Waals surface area contributed by atoms with Crippen LogP contribution in [0.4, 0.5) is 0 Å². The first kappa shape index (κ1) is 31.7. The van der Waals surface area contributed by atoms with Crippen molar-refractivity contribution in [3.8, 4) is 0 Å². The minimum atomic E-state index is -4.21. The maximum atomic E-state index is 11.9. The summed E-state index contributed by atoms with van der Waals surface area (Å²) in [6.45, 7) is 3.20. The Kier molecular flexibility index (Phi) is 13.6. The quantitative estimate of drug-likeness (QED) is 0.0949. The van der Waals surface area contributed by atoms with Gasteiger partial charge in [0.15, 0.2) is 0 Å². The van der Waals surface area contributed by atoms with Gasteiger partial charge in [-0.2, -0.15) is 0 Å². The molecule has 0 saturated heterocycles. The highest BCUT2D eigenvalue weighted by molar-refractivity contribution is 7.85. The number of hydrogen-bond acceptors (Lipinski definition) is 8. The van der Waals surface area contributed by atoms with Gasteiger partial charge in [0.2, 0.25) is 11.8 Å². The largest absolute Gasteiger partial charge is 0.748 e. The zero-order valence-electron chi connectivity index (χ0n) is 20.2. The number of amides is 2. The smallest absolute Gasteiger partial charge is 0.229 e. The van der Waals surface area contributed by atoms with E-state index < -0.39 is 20.2 Å². The van der Waals surface area contributed by atoms with Gasteiger partial charge >= 0.3 is 0 Å². The monoisotopic (exact) mass is 516 g/mol. The molecular formula is C19H40N4O8S2. The van der Waals surface area contributed by atoms with Crippen LogP contribution in [-0.2, 0) is 29.8 Å². The molecule has 0 rings (SSSR count). The van der Waals surface area contributed by atoms with Crippen LogP contribution in [0.2, 0.25) is 0 Å². The van der Waals surface area contributed by atoms with E-state index in [1.807, 2.05) is 28.2 Å². The van der Waals surface area contributed by atoms with Crippen LogP contribution >= 0.6 is 0 Å². The van der Waals surface area contributed by atoms with Crippen LogP contribution in [0.3, 0.4) is 0 Å². The molecule has 14 heteroatoms. The van der Waals surface area contributed by atoms with E-state index in [9.17, 15) is 35.5 Å². The van der Waals surface area contributed by atoms with E-state index in [0.29, 0.717) is 61.1 Å². The Labute approximate surface area is 198 Å². The molecule has 0 unspecified atom stereocenters. The second-order valence-corrected chi connectivity index (χ2v) is 12.6. The number of carbonyl (C=O) groups excluding carboxylic acids is 2. The van der Waals surface area contributed by atoms with Crippen molar-refractivity contribution in [1.29, 1.82) is 0 Å². The van der Waals surface area contributed by atoms with Gasteiger partial charge in [0.25, 0.3) is 0 Å². The SMILES string of the molecule is C[N+](C)(CCCNC(=O)CC(=O)NCCC[N+](C)(C)CCCS(=O)(=O)[O-])CCCS(=O)(=O)[O-]. The lowest BCUT2D eigenvalue weighted by molar-refractivity contribution is -0.890. The molecule has 0 atom stereocenters. The number of carbonyl (C=O) groups is 2. The predicted molar refractivity (Wildman–Crippen MR) is 122 cm³/mol. The molecule has 0 aliphatic rings. The summed E-state index contributed by atoms with van der Waals surface area (Å²) in [4.78, 5) is 23.8. The normalized spacial score (nSPS) is 13.0. The predicted octanol–water partition coefficient (Wildman–Crippen LogP) is -1.59. The highest BCUT2D eigenvalue weighted by atomic mass is 32.2. The van der Waals surface area contributed by atoms with E-state index in [1.54, 1.807) is 0 Å². The second-order valence-electron chi connectivity index (χ2n) is 9.58. The Morgan fingerprint density at radius 3 is 1.24 bits per heavy atom. The van der Waals surface area contributed by atoms with Crippen molar-refractivity contribution in [2.75, 3.05) is 79.0 Å². The number of rotatable bonds is 18. The minimum absolute atomic E-state index is 0.279. The van der Waals surface area contributed by atoms with Crippen molar-refractivity contribution in [2.45, 2.75) is 32.1 Å². The molecule has 196 valence electrons. The molecule has 33 heavy (non-hydrogen) atoms. The van der Waals surface area contributed by atoms with E-state index in [-0.39, 0.29) is 42.6 Å². The molecule has 2 amide bonds. The lowest BCUT2D eigenvalue weighted by Crippen LogP contribution is -2.43. The second kappa shape index (κ2) is 14.2. The summed E-state index contributed by atoms with van der Waals surface area (Å²) in [6.07, 6.45) is 1.57. The van der Waals surface area contributed by atoms with Crippen LogP contribution in [0.5, 0.6) is 0 Å². The van der Waals surface area contributed by atoms with Gasteiger partial charge in [-0.3, -0.25) is 9.59 Å². The number of nitrogens with zero attached hydrogens (tertiary/aromatic N) is 2. The lowest BCUT2D eigenvalue weighted by Gasteiger charge is -2.30. The zero-order valence-corrected chi connectivity index (χ0v) is 21.8. The summed E-state index contributed by atoms with van der Waals surface area (Å²) in [6, 6.07) is 0. The Hall–Kier alpha value is -1.32. The average Bonchev–Trinajstić information content (AvgIpc) is 2.60. The van der Waals surface area contributed by atoms with Gasteiger partial charge in [0, 0.05) is 50.3 Å². The highest BCUT2D eigenvalue weighted by Gasteiger charge is 2.17. The van der Waals surface area contributed by atoms with Crippen molar-refractivity contribution in [2.24, 2.45) is 0 Å². The van der Waals surface area contributed by atoms with Crippen molar-refractivity contribution in [1.82, 2.24) is 10.6 Å². The van der Waals surface area contributed by atoms with Crippen LogP contribution in [0.25, 0.3) is 0 Å². The fourth-order valence-electron chi connectivity index (χ4n) is 3.30. The molecular weight excluding hydrogens is 476 g/mol. The first-order valence-electron chi connectivity index (χ1n) is 11.0. The number of quaternary nitrogens is 2. The van der Waals surface area contributed by atoms with Gasteiger partial charge in [-0.15, -0.1) is 0 Å². The molecule has 0 aliphatic carbocycles. The third-order valence-electron chi connectivity index (χ3n) is 5.16. The van der Waals surface area contributed by atoms with Crippen LogP contribution in [0.15, 0.2) is 0 Å². The van der Waals surface area contributed by atoms with E-state index in [2.05, 4.69) is 10.6 Å². The van der Waals surface area contributed by atoms with Crippen molar-refractivity contribution >= 4 is 32.1 Å². The van der Waals surface area contributed by atoms with Crippen LogP contribution < -0.4 is 10.6 Å². The van der Waals surface area contributed by atoms with Crippen LogP contribution in [-0.4, -0.2) is 126 Å². The summed E-state index contributed by atoms with van der Waals surface area (Å²) in [5.74, 6) is -1.54. The molecule has 12 nitrogen and oxygen atoms in total. The zero-order chi connectivity index (χ0) is 25.8.